The molecule has 0 bridgehead atoms. The molecule has 3 aliphatic carbocycles. The zero-order chi connectivity index (χ0) is 38.0. The molecule has 268 valence electrons. The summed E-state index contributed by atoms with van der Waals surface area (Å²) in [5, 5.41) is 74.8. The third kappa shape index (κ3) is 4.07. The highest BCUT2D eigenvalue weighted by atomic mass is 16.6. The number of rotatable bonds is 6. The molecule has 6 atom stereocenters. The summed E-state index contributed by atoms with van der Waals surface area (Å²) in [6.07, 6.45) is -1.60. The van der Waals surface area contributed by atoms with Crippen LogP contribution in [0, 0.1) is 23.2 Å². The average Bonchev–Trinajstić information content (AvgIpc) is 3.84. The normalized spacial score (nSPS) is 31.7. The summed E-state index contributed by atoms with van der Waals surface area (Å²) in [5.74, 6) is -20.1. The Hall–Kier alpha value is -7.01. The van der Waals surface area contributed by atoms with Gasteiger partial charge in [0.25, 0.3) is 0 Å². The SMILES string of the molecule is O=C1O/C(=C(/C(=O)O)c2ccc(O)cc2)C(O)=C1C1=CC(=O)[C@]2(O)[C@H]1[C@H]1C(=O)O[C@H]3CC(=O)[C@@H]2[C@]31C1=C(O)/C(=C(\C(=O)O)c2ccc(O)cc2)OC1=O. The lowest BCUT2D eigenvalue weighted by molar-refractivity contribution is -0.151. The van der Waals surface area contributed by atoms with Gasteiger partial charge in [-0.1, -0.05) is 24.3 Å². The number of ether oxygens (including phenoxy) is 3. The zero-order valence-electron chi connectivity index (χ0n) is 26.4. The van der Waals surface area contributed by atoms with Gasteiger partial charge in [0.15, 0.2) is 28.8 Å². The van der Waals surface area contributed by atoms with Gasteiger partial charge in [-0.05, 0) is 47.0 Å². The van der Waals surface area contributed by atoms with Crippen molar-refractivity contribution in [2.75, 3.05) is 0 Å². The molecule has 7 N–H and O–H groups in total. The molecule has 1 saturated heterocycles. The standard InChI is InChI=1S/C36H22O17/c37-13-5-1-11(2-6-13)19(30(43)44)27-25(41)21(32(47)52-27)15-9-17(40)36(50)22(15)23-33(48)51-18-10-16(39)29(36)35(18,23)24-26(42)28(53-34(24)49)20(31(45)46)12-3-7-14(38)8-4-12/h1-9,18,22-23,29,37-38,41-42,50H,10H2,(H,43,44)(H,45,46)/b27-19+,28-20+/t18-,22+,23-,29+,35+,36-/m0/s1. The first-order valence-electron chi connectivity index (χ1n) is 15.6. The van der Waals surface area contributed by atoms with Crippen molar-refractivity contribution in [3.05, 3.63) is 105 Å². The van der Waals surface area contributed by atoms with E-state index in [4.69, 9.17) is 14.2 Å². The number of aliphatic carboxylic acids is 2. The van der Waals surface area contributed by atoms with E-state index in [1.807, 2.05) is 0 Å². The maximum atomic E-state index is 13.9. The van der Waals surface area contributed by atoms with E-state index in [0.29, 0.717) is 6.08 Å². The number of esters is 3. The first-order valence-corrected chi connectivity index (χ1v) is 15.6. The maximum absolute atomic E-state index is 13.9. The molecule has 3 fully saturated rings. The summed E-state index contributed by atoms with van der Waals surface area (Å²) in [4.78, 5) is 93.5. The fourth-order valence-electron chi connectivity index (χ4n) is 8.79. The number of aliphatic hydroxyl groups is 3. The van der Waals surface area contributed by atoms with E-state index in [1.54, 1.807) is 0 Å². The fourth-order valence-corrected chi connectivity index (χ4v) is 8.79. The predicted octanol–water partition coefficient (Wildman–Crippen LogP) is 1.11. The lowest BCUT2D eigenvalue weighted by Crippen LogP contribution is -2.50. The van der Waals surface area contributed by atoms with E-state index in [-0.39, 0.29) is 22.6 Å². The topological polar surface area (TPSA) is 289 Å². The smallest absolute Gasteiger partial charge is 0.347 e. The lowest BCUT2D eigenvalue weighted by atomic mass is 9.65. The number of hydrogen-bond acceptors (Lipinski definition) is 15. The molecule has 0 unspecified atom stereocenters. The molecular weight excluding hydrogens is 704 g/mol. The van der Waals surface area contributed by atoms with E-state index in [2.05, 4.69) is 0 Å². The van der Waals surface area contributed by atoms with Gasteiger partial charge < -0.3 is 50.0 Å². The van der Waals surface area contributed by atoms with Crippen LogP contribution in [0.3, 0.4) is 0 Å². The van der Waals surface area contributed by atoms with Crippen LogP contribution >= 0.6 is 0 Å². The summed E-state index contributed by atoms with van der Waals surface area (Å²) < 4.78 is 16.0. The number of Topliss-reactive ketones (excluding diaryl/α,β-unsaturated/α-hetero) is 1. The Bertz CT molecular complexity index is 2350. The van der Waals surface area contributed by atoms with Crippen molar-refractivity contribution in [2.24, 2.45) is 23.2 Å². The molecule has 8 rings (SSSR count). The Kier molecular flexibility index (Phi) is 6.72. The Morgan fingerprint density at radius 1 is 0.698 bits per heavy atom. The van der Waals surface area contributed by atoms with Crippen LogP contribution in [-0.4, -0.2) is 88.9 Å². The van der Waals surface area contributed by atoms with Crippen molar-refractivity contribution in [2.45, 2.75) is 18.1 Å². The maximum Gasteiger partial charge on any atom is 0.347 e. The molecule has 3 aliphatic heterocycles. The zero-order valence-corrected chi connectivity index (χ0v) is 26.4. The van der Waals surface area contributed by atoms with Crippen LogP contribution in [0.2, 0.25) is 0 Å². The second-order valence-corrected chi connectivity index (χ2v) is 13.0. The van der Waals surface area contributed by atoms with Crippen molar-refractivity contribution in [3.63, 3.8) is 0 Å². The monoisotopic (exact) mass is 726 g/mol. The van der Waals surface area contributed by atoms with Gasteiger partial charge in [0.05, 0.1) is 22.8 Å². The molecule has 3 heterocycles. The summed E-state index contributed by atoms with van der Waals surface area (Å²) >= 11 is 0. The van der Waals surface area contributed by atoms with Crippen LogP contribution in [-0.2, 0) is 47.8 Å². The number of carboxylic acids is 2. The highest BCUT2D eigenvalue weighted by Gasteiger charge is 2.86. The molecule has 0 radical (unpaired) electrons. The first-order chi connectivity index (χ1) is 25.0. The van der Waals surface area contributed by atoms with E-state index < -0.39 is 134 Å². The number of cyclic esters (lactones) is 2. The molecule has 2 aromatic carbocycles. The minimum Gasteiger partial charge on any atom is -0.508 e. The van der Waals surface area contributed by atoms with Gasteiger partial charge in [0.1, 0.15) is 45.7 Å². The van der Waals surface area contributed by atoms with Crippen molar-refractivity contribution >= 4 is 52.6 Å². The van der Waals surface area contributed by atoms with Crippen LogP contribution in [0.1, 0.15) is 17.5 Å². The van der Waals surface area contributed by atoms with Gasteiger partial charge in [-0.2, -0.15) is 0 Å². The second-order valence-electron chi connectivity index (χ2n) is 13.0. The Morgan fingerprint density at radius 3 is 1.74 bits per heavy atom. The van der Waals surface area contributed by atoms with Crippen LogP contribution in [0.4, 0.5) is 0 Å². The van der Waals surface area contributed by atoms with Gasteiger partial charge in [0, 0.05) is 12.3 Å². The third-order valence-electron chi connectivity index (χ3n) is 10.6. The van der Waals surface area contributed by atoms with Crippen LogP contribution < -0.4 is 0 Å². The molecule has 6 aliphatic rings. The predicted molar refractivity (Wildman–Crippen MR) is 167 cm³/mol. The number of fused-ring (bicyclic) bond motifs is 3. The van der Waals surface area contributed by atoms with Gasteiger partial charge in [-0.3, -0.25) is 14.4 Å². The van der Waals surface area contributed by atoms with Crippen LogP contribution in [0.15, 0.2) is 94.4 Å². The summed E-state index contributed by atoms with van der Waals surface area (Å²) in [6.45, 7) is 0. The molecule has 2 saturated carbocycles. The minimum atomic E-state index is -2.93. The number of carbonyl (C=O) groups excluding carboxylic acids is 5. The number of carbonyl (C=O) groups is 7. The van der Waals surface area contributed by atoms with Crippen LogP contribution in [0.25, 0.3) is 11.1 Å². The molecule has 53 heavy (non-hydrogen) atoms. The van der Waals surface area contributed by atoms with Gasteiger partial charge in [-0.15, -0.1) is 0 Å². The number of phenols is 2. The van der Waals surface area contributed by atoms with Crippen molar-refractivity contribution in [1.82, 2.24) is 0 Å². The molecule has 17 nitrogen and oxygen atoms in total. The number of carboxylic acid groups (broad SMARTS) is 2. The summed E-state index contributed by atoms with van der Waals surface area (Å²) in [5.41, 5.74) is -9.44. The number of aliphatic hydroxyl groups excluding tert-OH is 2. The number of benzene rings is 2. The Balaban J connectivity index is 1.34. The summed E-state index contributed by atoms with van der Waals surface area (Å²) in [6, 6.07) is 9.04. The largest absolute Gasteiger partial charge is 0.508 e. The first kappa shape index (κ1) is 33.2. The van der Waals surface area contributed by atoms with Crippen molar-refractivity contribution < 1.29 is 83.5 Å². The molecule has 2 aromatic rings. The van der Waals surface area contributed by atoms with Crippen LogP contribution in [0.5, 0.6) is 11.5 Å². The van der Waals surface area contributed by atoms with Crippen molar-refractivity contribution in [3.8, 4) is 11.5 Å². The number of ketones is 2. The van der Waals surface area contributed by atoms with Gasteiger partial charge >= 0.3 is 29.8 Å². The van der Waals surface area contributed by atoms with E-state index >= 15 is 0 Å². The number of hydrogen-bond donors (Lipinski definition) is 7. The lowest BCUT2D eigenvalue weighted by Gasteiger charge is -2.33. The quantitative estimate of drug-likeness (QED) is 0.125. The van der Waals surface area contributed by atoms with Gasteiger partial charge in [-0.25, -0.2) is 19.2 Å². The Labute approximate surface area is 294 Å². The molecular formula is C36H22O17. The van der Waals surface area contributed by atoms with Gasteiger partial charge in [0.2, 0.25) is 0 Å². The number of phenolic OH excluding ortho intramolecular Hbond substituents is 2. The van der Waals surface area contributed by atoms with E-state index in [0.717, 1.165) is 48.5 Å². The average molecular weight is 727 g/mol. The fraction of sp³-hybridized carbons (Fsp3) is 0.194. The Morgan fingerprint density at radius 2 is 1.21 bits per heavy atom. The van der Waals surface area contributed by atoms with E-state index in [9.17, 15) is 69.3 Å². The highest BCUT2D eigenvalue weighted by Crippen LogP contribution is 2.74. The molecule has 17 heteroatoms. The minimum absolute atomic E-state index is 0.139. The highest BCUT2D eigenvalue weighted by molar-refractivity contribution is 6.20. The summed E-state index contributed by atoms with van der Waals surface area (Å²) in [7, 11) is 0. The molecule has 0 amide bonds. The van der Waals surface area contributed by atoms with E-state index in [1.165, 1.54) is 0 Å². The molecule has 0 aromatic heterocycles. The number of aromatic hydroxyl groups is 2. The molecule has 0 spiro atoms. The third-order valence-corrected chi connectivity index (χ3v) is 10.6. The second kappa shape index (κ2) is 10.8. The van der Waals surface area contributed by atoms with Crippen molar-refractivity contribution in [1.29, 1.82) is 0 Å².